The molecule has 7 nitrogen and oxygen atoms in total. The molecule has 0 N–H and O–H groups in total. The average Bonchev–Trinajstić information content (AvgIpc) is 2.96. The van der Waals surface area contributed by atoms with Crippen LogP contribution in [-0.2, 0) is 16.2 Å². The Morgan fingerprint density at radius 3 is 1.90 bits per heavy atom. The van der Waals surface area contributed by atoms with Crippen molar-refractivity contribution in [3.05, 3.63) is 125 Å². The highest BCUT2D eigenvalue weighted by atomic mass is 16.5. The second kappa shape index (κ2) is 11.1. The van der Waals surface area contributed by atoms with E-state index in [1.54, 1.807) is 86.0 Å². The fourth-order valence-electron chi connectivity index (χ4n) is 4.34. The molecule has 39 heavy (non-hydrogen) atoms. The predicted molar refractivity (Wildman–Crippen MR) is 150 cm³/mol. The Balaban J connectivity index is 1.59. The van der Waals surface area contributed by atoms with Crippen molar-refractivity contribution >= 4 is 35.3 Å². The number of amides is 4. The van der Waals surface area contributed by atoms with Crippen LogP contribution in [-0.4, -0.2) is 25.0 Å². The number of para-hydroxylation sites is 2. The molecule has 0 unspecified atom stereocenters. The van der Waals surface area contributed by atoms with Crippen LogP contribution in [0.15, 0.2) is 109 Å². The third-order valence-corrected chi connectivity index (χ3v) is 6.28. The van der Waals surface area contributed by atoms with Gasteiger partial charge in [0.2, 0.25) is 0 Å². The van der Waals surface area contributed by atoms with Crippen LogP contribution in [0.1, 0.15) is 16.7 Å². The maximum absolute atomic E-state index is 13.7. The van der Waals surface area contributed by atoms with Crippen LogP contribution in [0.5, 0.6) is 11.5 Å². The molecular weight excluding hydrogens is 492 g/mol. The van der Waals surface area contributed by atoms with E-state index in [0.29, 0.717) is 28.4 Å². The van der Waals surface area contributed by atoms with Gasteiger partial charge in [-0.15, -0.1) is 0 Å². The van der Waals surface area contributed by atoms with Gasteiger partial charge in [-0.25, -0.2) is 14.6 Å². The summed E-state index contributed by atoms with van der Waals surface area (Å²) in [5, 5.41) is 0. The topological polar surface area (TPSA) is 76.2 Å². The Labute approximate surface area is 226 Å². The summed E-state index contributed by atoms with van der Waals surface area (Å²) in [6.07, 6.45) is 1.47. The van der Waals surface area contributed by atoms with Crippen LogP contribution in [0.3, 0.4) is 0 Å². The number of carbonyl (C=O) groups excluding carboxylic acids is 3. The van der Waals surface area contributed by atoms with Crippen molar-refractivity contribution < 1.29 is 23.9 Å². The molecule has 194 valence electrons. The number of imide groups is 2. The SMILES string of the molecule is COc1ccc(C=C2C(=O)N(c3ccccc3)C(=O)N(c3ccccc3)C2=O)c(OCc2cccc(C)c2)c1. The monoisotopic (exact) mass is 518 g/mol. The summed E-state index contributed by atoms with van der Waals surface area (Å²) in [6, 6.07) is 29.4. The number of methoxy groups -OCH3 is 1. The fourth-order valence-corrected chi connectivity index (χ4v) is 4.34. The molecule has 0 radical (unpaired) electrons. The molecule has 1 saturated heterocycles. The van der Waals surface area contributed by atoms with Gasteiger partial charge in [0.1, 0.15) is 23.7 Å². The number of hydrogen-bond acceptors (Lipinski definition) is 5. The summed E-state index contributed by atoms with van der Waals surface area (Å²) in [6.45, 7) is 2.28. The van der Waals surface area contributed by atoms with Gasteiger partial charge in [-0.2, -0.15) is 0 Å². The maximum Gasteiger partial charge on any atom is 0.343 e. The molecule has 7 heteroatoms. The van der Waals surface area contributed by atoms with Gasteiger partial charge in [-0.05, 0) is 55.0 Å². The lowest BCUT2D eigenvalue weighted by Crippen LogP contribution is -2.57. The number of rotatable bonds is 7. The van der Waals surface area contributed by atoms with Crippen molar-refractivity contribution in [2.75, 3.05) is 16.9 Å². The lowest BCUT2D eigenvalue weighted by molar-refractivity contribution is -0.121. The van der Waals surface area contributed by atoms with Crippen molar-refractivity contribution in [2.45, 2.75) is 13.5 Å². The first-order chi connectivity index (χ1) is 19.0. The first kappa shape index (κ1) is 25.5. The van der Waals surface area contributed by atoms with Crippen molar-refractivity contribution in [2.24, 2.45) is 0 Å². The highest BCUT2D eigenvalue weighted by Crippen LogP contribution is 2.32. The van der Waals surface area contributed by atoms with Crippen LogP contribution in [0.2, 0.25) is 0 Å². The highest BCUT2D eigenvalue weighted by Gasteiger charge is 2.43. The Hall–Kier alpha value is -5.17. The molecule has 4 amide bonds. The van der Waals surface area contributed by atoms with E-state index < -0.39 is 17.8 Å². The largest absolute Gasteiger partial charge is 0.497 e. The molecule has 0 bridgehead atoms. The summed E-state index contributed by atoms with van der Waals surface area (Å²) >= 11 is 0. The second-order valence-electron chi connectivity index (χ2n) is 8.97. The quantitative estimate of drug-likeness (QED) is 0.216. The molecule has 4 aromatic rings. The molecule has 1 aliphatic rings. The van der Waals surface area contributed by atoms with E-state index in [9.17, 15) is 14.4 Å². The Bertz CT molecular complexity index is 1500. The highest BCUT2D eigenvalue weighted by molar-refractivity contribution is 6.46. The van der Waals surface area contributed by atoms with E-state index >= 15 is 0 Å². The van der Waals surface area contributed by atoms with Crippen LogP contribution in [0.25, 0.3) is 6.08 Å². The molecule has 1 fully saturated rings. The number of urea groups is 1. The van der Waals surface area contributed by atoms with E-state index in [0.717, 1.165) is 20.9 Å². The summed E-state index contributed by atoms with van der Waals surface area (Å²) in [5.41, 5.74) is 3.12. The first-order valence-electron chi connectivity index (χ1n) is 12.4. The number of benzene rings is 4. The van der Waals surface area contributed by atoms with Crippen molar-refractivity contribution in [3.8, 4) is 11.5 Å². The summed E-state index contributed by atoms with van der Waals surface area (Å²) in [5.74, 6) is -0.448. The van der Waals surface area contributed by atoms with Gasteiger partial charge in [0.25, 0.3) is 11.8 Å². The van der Waals surface area contributed by atoms with E-state index in [1.807, 2.05) is 31.2 Å². The normalized spacial score (nSPS) is 13.5. The predicted octanol–water partition coefficient (Wildman–Crippen LogP) is 6.17. The molecule has 4 aromatic carbocycles. The van der Waals surface area contributed by atoms with Crippen LogP contribution in [0.4, 0.5) is 16.2 Å². The Kier molecular flexibility index (Phi) is 7.23. The number of barbiturate groups is 1. The van der Waals surface area contributed by atoms with Gasteiger partial charge in [0, 0.05) is 11.6 Å². The molecular formula is C32H26N2O5. The van der Waals surface area contributed by atoms with E-state index in [-0.39, 0.29) is 12.2 Å². The zero-order chi connectivity index (χ0) is 27.4. The summed E-state index contributed by atoms with van der Waals surface area (Å²) in [7, 11) is 1.55. The average molecular weight is 519 g/mol. The van der Waals surface area contributed by atoms with Crippen LogP contribution in [0, 0.1) is 6.92 Å². The Morgan fingerprint density at radius 1 is 0.718 bits per heavy atom. The molecule has 0 aromatic heterocycles. The van der Waals surface area contributed by atoms with E-state index in [2.05, 4.69) is 0 Å². The standard InChI is InChI=1S/C32H26N2O5/c1-22-10-9-11-23(18-22)21-39-29-20-27(38-2)17-16-24(29)19-28-30(35)33(25-12-5-3-6-13-25)32(37)34(31(28)36)26-14-7-4-8-15-26/h3-20H,21H2,1-2H3. The minimum Gasteiger partial charge on any atom is -0.497 e. The van der Waals surface area contributed by atoms with E-state index in [4.69, 9.17) is 9.47 Å². The molecule has 1 heterocycles. The molecule has 0 aliphatic carbocycles. The van der Waals surface area contributed by atoms with Gasteiger partial charge in [0.05, 0.1) is 18.5 Å². The number of carbonyl (C=O) groups is 3. The molecule has 1 aliphatic heterocycles. The van der Waals surface area contributed by atoms with Gasteiger partial charge in [0.15, 0.2) is 0 Å². The second-order valence-corrected chi connectivity index (χ2v) is 8.97. The minimum atomic E-state index is -0.745. The first-order valence-corrected chi connectivity index (χ1v) is 12.4. The zero-order valence-corrected chi connectivity index (χ0v) is 21.5. The van der Waals surface area contributed by atoms with Gasteiger partial charge in [-0.3, -0.25) is 9.59 Å². The molecule has 0 atom stereocenters. The number of hydrogen-bond donors (Lipinski definition) is 0. The number of aryl methyl sites for hydroxylation is 1. The number of anilines is 2. The Morgan fingerprint density at radius 2 is 1.33 bits per heavy atom. The maximum atomic E-state index is 13.7. The zero-order valence-electron chi connectivity index (χ0n) is 21.5. The smallest absolute Gasteiger partial charge is 0.343 e. The van der Waals surface area contributed by atoms with Gasteiger partial charge in [-0.1, -0.05) is 66.2 Å². The van der Waals surface area contributed by atoms with Crippen molar-refractivity contribution in [1.82, 2.24) is 0 Å². The van der Waals surface area contributed by atoms with Gasteiger partial charge >= 0.3 is 6.03 Å². The lowest BCUT2D eigenvalue weighted by Gasteiger charge is -2.34. The third-order valence-electron chi connectivity index (χ3n) is 6.28. The third kappa shape index (κ3) is 5.29. The van der Waals surface area contributed by atoms with Gasteiger partial charge < -0.3 is 9.47 Å². The summed E-state index contributed by atoms with van der Waals surface area (Å²) < 4.78 is 11.5. The molecule has 5 rings (SSSR count). The molecule has 0 spiro atoms. The van der Waals surface area contributed by atoms with Crippen molar-refractivity contribution in [1.29, 1.82) is 0 Å². The minimum absolute atomic E-state index is 0.173. The molecule has 0 saturated carbocycles. The number of ether oxygens (including phenoxy) is 2. The van der Waals surface area contributed by atoms with Crippen LogP contribution >= 0.6 is 0 Å². The lowest BCUT2D eigenvalue weighted by atomic mass is 10.0. The fraction of sp³-hybridized carbons (Fsp3) is 0.0938. The summed E-state index contributed by atoms with van der Waals surface area (Å²) in [4.78, 5) is 43.0. The van der Waals surface area contributed by atoms with E-state index in [1.165, 1.54) is 6.08 Å². The van der Waals surface area contributed by atoms with Crippen molar-refractivity contribution in [3.63, 3.8) is 0 Å². The van der Waals surface area contributed by atoms with Crippen LogP contribution < -0.4 is 19.3 Å². The number of nitrogens with zero attached hydrogens (tertiary/aromatic N) is 2.